The number of hydrogen-bond donors (Lipinski definition) is 1. The first-order chi connectivity index (χ1) is 8.33. The van der Waals surface area contributed by atoms with Gasteiger partial charge in [0.05, 0.1) is 13.3 Å². The van der Waals surface area contributed by atoms with E-state index in [9.17, 15) is 0 Å². The van der Waals surface area contributed by atoms with Gasteiger partial charge in [-0.2, -0.15) is 0 Å². The Morgan fingerprint density at radius 1 is 0.882 bits per heavy atom. The molecule has 3 aliphatic heterocycles. The molecule has 0 saturated carbocycles. The predicted octanol–water partition coefficient (Wildman–Crippen LogP) is -0.567. The number of piperazine rings is 1. The molecule has 0 atom stereocenters. The maximum Gasteiger partial charge on any atom is 0.0676 e. The molecule has 0 unspecified atom stereocenters. The lowest BCUT2D eigenvalue weighted by Gasteiger charge is -2.53. The minimum absolute atomic E-state index is 0.833. The molecule has 0 aliphatic carbocycles. The first kappa shape index (κ1) is 11.9. The highest BCUT2D eigenvalue weighted by atomic mass is 15.8. The lowest BCUT2D eigenvalue weighted by atomic mass is 10.0. The second-order valence-electron chi connectivity index (χ2n) is 5.62. The van der Waals surface area contributed by atoms with Crippen LogP contribution in [0.3, 0.4) is 0 Å². The number of hydrazine groups is 1. The van der Waals surface area contributed by atoms with Crippen LogP contribution in [0.1, 0.15) is 12.8 Å². The molecule has 3 aliphatic rings. The van der Waals surface area contributed by atoms with Crippen LogP contribution in [-0.2, 0) is 0 Å². The molecular weight excluding hydrogens is 214 g/mol. The van der Waals surface area contributed by atoms with Crippen LogP contribution in [0.2, 0.25) is 0 Å². The third-order valence-electron chi connectivity index (χ3n) is 4.39. The normalized spacial score (nSPS) is 31.6. The quantitative estimate of drug-likeness (QED) is 0.696. The highest BCUT2D eigenvalue weighted by molar-refractivity contribution is 4.82. The van der Waals surface area contributed by atoms with Crippen LogP contribution in [0, 0.1) is 0 Å². The zero-order valence-corrected chi connectivity index (χ0v) is 10.9. The molecule has 0 aromatic heterocycles. The van der Waals surface area contributed by atoms with Crippen LogP contribution < -0.4 is 5.32 Å². The molecule has 17 heavy (non-hydrogen) atoms. The number of rotatable bonds is 2. The molecule has 3 saturated heterocycles. The molecule has 0 amide bonds. The average molecular weight is 239 g/mol. The zero-order valence-electron chi connectivity index (χ0n) is 10.9. The van der Waals surface area contributed by atoms with Gasteiger partial charge in [0.25, 0.3) is 0 Å². The van der Waals surface area contributed by atoms with E-state index in [1.807, 2.05) is 0 Å². The van der Waals surface area contributed by atoms with Crippen molar-refractivity contribution in [1.82, 2.24) is 25.1 Å². The summed E-state index contributed by atoms with van der Waals surface area (Å²) in [6, 6.07) is 0.833. The molecule has 0 bridgehead atoms. The molecule has 5 heteroatoms. The van der Waals surface area contributed by atoms with Crippen molar-refractivity contribution in [3.63, 3.8) is 0 Å². The Labute approximate surface area is 104 Å². The number of nitrogens with zero attached hydrogens (tertiary/aromatic N) is 4. The van der Waals surface area contributed by atoms with Crippen molar-refractivity contribution >= 4 is 0 Å². The Morgan fingerprint density at radius 2 is 1.53 bits per heavy atom. The first-order valence-electron chi connectivity index (χ1n) is 6.96. The molecule has 0 spiro atoms. The van der Waals surface area contributed by atoms with Crippen LogP contribution in [0.15, 0.2) is 0 Å². The number of piperidine rings is 1. The number of nitrogens with one attached hydrogen (secondary N) is 1. The summed E-state index contributed by atoms with van der Waals surface area (Å²) in [5.41, 5.74) is 0. The second-order valence-corrected chi connectivity index (χ2v) is 5.62. The third kappa shape index (κ3) is 2.63. The fourth-order valence-electron chi connectivity index (χ4n) is 3.04. The number of likely N-dealkylation sites (N-methyl/N-ethyl adjacent to an activating group) is 1. The van der Waals surface area contributed by atoms with Gasteiger partial charge in [-0.05, 0) is 33.0 Å². The molecule has 1 N–H and O–H groups in total. The van der Waals surface area contributed by atoms with Gasteiger partial charge in [0.2, 0.25) is 0 Å². The van der Waals surface area contributed by atoms with Crippen molar-refractivity contribution in [2.24, 2.45) is 0 Å². The van der Waals surface area contributed by atoms with Crippen LogP contribution in [0.5, 0.6) is 0 Å². The van der Waals surface area contributed by atoms with Gasteiger partial charge in [-0.3, -0.25) is 4.90 Å². The summed E-state index contributed by atoms with van der Waals surface area (Å²) in [5.74, 6) is 0. The molecule has 3 fully saturated rings. The van der Waals surface area contributed by atoms with Crippen molar-refractivity contribution in [3.05, 3.63) is 0 Å². The monoisotopic (exact) mass is 239 g/mol. The molecule has 0 radical (unpaired) electrons. The van der Waals surface area contributed by atoms with Crippen molar-refractivity contribution < 1.29 is 0 Å². The van der Waals surface area contributed by atoms with E-state index >= 15 is 0 Å². The maximum atomic E-state index is 3.44. The summed E-state index contributed by atoms with van der Waals surface area (Å²) in [6.07, 6.45) is 2.66. The smallest absolute Gasteiger partial charge is 0.0676 e. The summed E-state index contributed by atoms with van der Waals surface area (Å²) in [6.45, 7) is 9.56. The molecular formula is C12H25N5. The topological polar surface area (TPSA) is 25.0 Å². The van der Waals surface area contributed by atoms with Crippen molar-refractivity contribution in [2.75, 3.05) is 59.7 Å². The van der Waals surface area contributed by atoms with E-state index in [4.69, 9.17) is 0 Å². The molecule has 5 nitrogen and oxygen atoms in total. The molecule has 3 heterocycles. The van der Waals surface area contributed by atoms with Crippen molar-refractivity contribution in [1.29, 1.82) is 0 Å². The highest BCUT2D eigenvalue weighted by Crippen LogP contribution is 2.21. The Kier molecular flexibility index (Phi) is 3.63. The van der Waals surface area contributed by atoms with E-state index < -0.39 is 0 Å². The summed E-state index contributed by atoms with van der Waals surface area (Å²) in [5, 5.41) is 8.50. The van der Waals surface area contributed by atoms with Gasteiger partial charge >= 0.3 is 0 Å². The van der Waals surface area contributed by atoms with Gasteiger partial charge in [0.1, 0.15) is 0 Å². The van der Waals surface area contributed by atoms with Gasteiger partial charge in [-0.1, -0.05) is 0 Å². The third-order valence-corrected chi connectivity index (χ3v) is 4.39. The molecule has 0 aromatic carbocycles. The van der Waals surface area contributed by atoms with Crippen LogP contribution >= 0.6 is 0 Å². The SMILES string of the molecule is CN1CCN(N2CN(C3CCNCC3)C2)CC1. The standard InChI is InChI=1S/C12H25N5/c1-14-6-8-16(9-7-14)17-10-15(11-17)12-2-4-13-5-3-12/h12-13H,2-11H2,1H3. The van der Waals surface area contributed by atoms with Gasteiger partial charge < -0.3 is 10.2 Å². The molecule has 3 rings (SSSR count). The lowest BCUT2D eigenvalue weighted by Crippen LogP contribution is -2.67. The molecule has 98 valence electrons. The fourth-order valence-corrected chi connectivity index (χ4v) is 3.04. The zero-order chi connectivity index (χ0) is 11.7. The largest absolute Gasteiger partial charge is 0.317 e. The van der Waals surface area contributed by atoms with Crippen LogP contribution in [-0.4, -0.2) is 85.5 Å². The van der Waals surface area contributed by atoms with Crippen molar-refractivity contribution in [2.45, 2.75) is 18.9 Å². The summed E-state index contributed by atoms with van der Waals surface area (Å²) < 4.78 is 0. The highest BCUT2D eigenvalue weighted by Gasteiger charge is 2.34. The Balaban J connectivity index is 1.41. The first-order valence-corrected chi connectivity index (χ1v) is 6.96. The Bertz CT molecular complexity index is 239. The minimum atomic E-state index is 0.833. The van der Waals surface area contributed by atoms with Gasteiger partial charge in [0.15, 0.2) is 0 Å². The van der Waals surface area contributed by atoms with Gasteiger partial charge in [-0.25, -0.2) is 10.0 Å². The van der Waals surface area contributed by atoms with Gasteiger partial charge in [0, 0.05) is 32.2 Å². The average Bonchev–Trinajstić information content (AvgIpc) is 2.31. The van der Waals surface area contributed by atoms with E-state index in [-0.39, 0.29) is 0 Å². The van der Waals surface area contributed by atoms with Crippen molar-refractivity contribution in [3.8, 4) is 0 Å². The van der Waals surface area contributed by atoms with E-state index in [0.29, 0.717) is 0 Å². The van der Waals surface area contributed by atoms with E-state index in [2.05, 4.69) is 32.2 Å². The lowest BCUT2D eigenvalue weighted by molar-refractivity contribution is -0.198. The van der Waals surface area contributed by atoms with Crippen LogP contribution in [0.25, 0.3) is 0 Å². The van der Waals surface area contributed by atoms with Gasteiger partial charge in [-0.15, -0.1) is 0 Å². The Hall–Kier alpha value is -0.200. The number of hydrogen-bond acceptors (Lipinski definition) is 5. The fraction of sp³-hybridized carbons (Fsp3) is 1.00. The van der Waals surface area contributed by atoms with E-state index in [0.717, 1.165) is 19.4 Å². The predicted molar refractivity (Wildman–Crippen MR) is 68.4 cm³/mol. The molecule has 0 aromatic rings. The minimum Gasteiger partial charge on any atom is -0.317 e. The summed E-state index contributed by atoms with van der Waals surface area (Å²) >= 11 is 0. The maximum absolute atomic E-state index is 3.44. The summed E-state index contributed by atoms with van der Waals surface area (Å²) in [4.78, 5) is 5.06. The summed E-state index contributed by atoms with van der Waals surface area (Å²) in [7, 11) is 2.22. The Morgan fingerprint density at radius 3 is 2.18 bits per heavy atom. The van der Waals surface area contributed by atoms with E-state index in [1.165, 1.54) is 52.1 Å². The van der Waals surface area contributed by atoms with Crippen LogP contribution in [0.4, 0.5) is 0 Å². The second kappa shape index (κ2) is 5.20. The van der Waals surface area contributed by atoms with E-state index in [1.54, 1.807) is 0 Å².